The van der Waals surface area contributed by atoms with Gasteiger partial charge in [0, 0.05) is 47.7 Å². The Bertz CT molecular complexity index is 1230. The maximum absolute atomic E-state index is 12.8. The third-order valence-electron chi connectivity index (χ3n) is 5.41. The second kappa shape index (κ2) is 7.67. The van der Waals surface area contributed by atoms with E-state index in [-0.39, 0.29) is 18.3 Å². The molecule has 0 radical (unpaired) electrons. The summed E-state index contributed by atoms with van der Waals surface area (Å²) in [6.07, 6.45) is 9.05. The van der Waals surface area contributed by atoms with Crippen LogP contribution in [0.25, 0.3) is 22.0 Å². The number of hydrogen-bond donors (Lipinski definition) is 0. The number of aromatic nitrogens is 5. The molecule has 0 unspecified atom stereocenters. The number of hydrogen-bond acceptors (Lipinski definition) is 6. The molecule has 1 aromatic carbocycles. The predicted molar refractivity (Wildman–Crippen MR) is 112 cm³/mol. The van der Waals surface area contributed by atoms with Gasteiger partial charge in [0.25, 0.3) is 0 Å². The molecule has 0 spiro atoms. The lowest BCUT2D eigenvalue weighted by Gasteiger charge is -2.25. The van der Waals surface area contributed by atoms with Gasteiger partial charge in [0.2, 0.25) is 5.88 Å². The average molecular weight is 399 g/mol. The van der Waals surface area contributed by atoms with Gasteiger partial charge in [-0.1, -0.05) is 17.3 Å². The van der Waals surface area contributed by atoms with Crippen LogP contribution in [0.3, 0.4) is 0 Å². The Kier molecular flexibility index (Phi) is 4.71. The summed E-state index contributed by atoms with van der Waals surface area (Å²) in [5.74, 6) is 0.512. The third kappa shape index (κ3) is 3.78. The van der Waals surface area contributed by atoms with Crippen molar-refractivity contribution in [2.24, 2.45) is 7.05 Å². The maximum atomic E-state index is 12.8. The number of Topliss-reactive ketones (excluding diaryl/α,β-unsaturated/α-hetero) is 1. The Labute approximate surface area is 173 Å². The molecular weight excluding hydrogens is 378 g/mol. The van der Waals surface area contributed by atoms with Crippen molar-refractivity contribution in [2.75, 3.05) is 0 Å². The van der Waals surface area contributed by atoms with Crippen LogP contribution in [0, 0.1) is 0 Å². The lowest BCUT2D eigenvalue weighted by atomic mass is 9.96. The number of benzene rings is 1. The second-order valence-electron chi connectivity index (χ2n) is 7.67. The number of ether oxygens (including phenoxy) is 1. The number of ketones is 1. The Morgan fingerprint density at radius 2 is 2.03 bits per heavy atom. The first-order valence-electron chi connectivity index (χ1n) is 10.1. The summed E-state index contributed by atoms with van der Waals surface area (Å²) in [7, 11) is 1.84. The van der Waals surface area contributed by atoms with E-state index in [1.165, 1.54) is 6.42 Å². The number of carbonyl (C=O) groups excluding carboxylic acids is 1. The first kappa shape index (κ1) is 18.4. The lowest BCUT2D eigenvalue weighted by Crippen LogP contribution is -2.25. The summed E-state index contributed by atoms with van der Waals surface area (Å²) in [5, 5.41) is 10.2. The van der Waals surface area contributed by atoms with Gasteiger partial charge < -0.3 is 4.74 Å². The summed E-state index contributed by atoms with van der Waals surface area (Å²) in [6.45, 7) is 0. The molecule has 150 valence electrons. The van der Waals surface area contributed by atoms with Crippen LogP contribution < -0.4 is 4.74 Å². The van der Waals surface area contributed by atoms with Crippen LogP contribution in [0.2, 0.25) is 0 Å². The van der Waals surface area contributed by atoms with Crippen molar-refractivity contribution in [3.8, 4) is 17.1 Å². The first-order valence-corrected chi connectivity index (χ1v) is 10.1. The number of fused-ring (bicyclic) bond motifs is 1. The van der Waals surface area contributed by atoms with E-state index in [1.54, 1.807) is 29.2 Å². The molecule has 0 N–H and O–H groups in total. The molecule has 1 aliphatic rings. The molecule has 1 aliphatic carbocycles. The summed E-state index contributed by atoms with van der Waals surface area (Å²) >= 11 is 0. The minimum Gasteiger partial charge on any atom is -0.474 e. The summed E-state index contributed by atoms with van der Waals surface area (Å²) < 4.78 is 7.49. The molecular formula is C23H21N5O2. The van der Waals surface area contributed by atoms with Gasteiger partial charge in [-0.15, -0.1) is 5.10 Å². The monoisotopic (exact) mass is 399 g/mol. The molecule has 0 amide bonds. The lowest BCUT2D eigenvalue weighted by molar-refractivity contribution is 0.0986. The Morgan fingerprint density at radius 3 is 2.80 bits per heavy atom. The Hall–Kier alpha value is -3.61. The number of nitrogens with zero attached hydrogens (tertiary/aromatic N) is 5. The third-order valence-corrected chi connectivity index (χ3v) is 5.41. The number of pyridine rings is 2. The van der Waals surface area contributed by atoms with Gasteiger partial charge in [-0.05, 0) is 42.8 Å². The summed E-state index contributed by atoms with van der Waals surface area (Å²) in [4.78, 5) is 21.5. The number of aryl methyl sites for hydroxylation is 1. The van der Waals surface area contributed by atoms with Crippen LogP contribution >= 0.6 is 0 Å². The fourth-order valence-corrected chi connectivity index (χ4v) is 3.50. The normalized spacial score (nSPS) is 13.9. The molecule has 3 heterocycles. The average Bonchev–Trinajstić information content (AvgIpc) is 3.17. The standard InChI is InChI=1S/C23H21N5O2/c1-28-14-21(26-27-28)15-5-6-17-13-25-19(10-18(17)9-15)12-22(29)16-7-8-24-23(11-16)30-20-3-2-4-20/h5-11,13-14,20H,2-4,12H2,1H3. The molecule has 1 fully saturated rings. The van der Waals surface area contributed by atoms with E-state index in [9.17, 15) is 4.79 Å². The van der Waals surface area contributed by atoms with Crippen LogP contribution in [-0.2, 0) is 13.5 Å². The largest absolute Gasteiger partial charge is 0.474 e. The number of rotatable bonds is 6. The molecule has 7 heteroatoms. The van der Waals surface area contributed by atoms with Crippen LogP contribution in [0.4, 0.5) is 0 Å². The predicted octanol–water partition coefficient (Wildman–Crippen LogP) is 3.78. The molecule has 30 heavy (non-hydrogen) atoms. The summed E-state index contributed by atoms with van der Waals surface area (Å²) in [5.41, 5.74) is 3.10. The van der Waals surface area contributed by atoms with Gasteiger partial charge in [0.05, 0.1) is 12.6 Å². The van der Waals surface area contributed by atoms with E-state index in [0.29, 0.717) is 11.4 Å². The van der Waals surface area contributed by atoms with E-state index >= 15 is 0 Å². The summed E-state index contributed by atoms with van der Waals surface area (Å²) in [6, 6.07) is 11.5. The van der Waals surface area contributed by atoms with E-state index in [1.807, 2.05) is 37.5 Å². The van der Waals surface area contributed by atoms with Crippen molar-refractivity contribution in [1.29, 1.82) is 0 Å². The highest BCUT2D eigenvalue weighted by atomic mass is 16.5. The van der Waals surface area contributed by atoms with E-state index in [4.69, 9.17) is 4.74 Å². The van der Waals surface area contributed by atoms with Gasteiger partial charge in [0.1, 0.15) is 11.8 Å². The zero-order chi connectivity index (χ0) is 20.5. The molecule has 5 rings (SSSR count). The zero-order valence-electron chi connectivity index (χ0n) is 16.7. The highest BCUT2D eigenvalue weighted by molar-refractivity contribution is 5.98. The topological polar surface area (TPSA) is 82.8 Å². The van der Waals surface area contributed by atoms with E-state index < -0.39 is 0 Å². The minimum absolute atomic E-state index is 0.00668. The van der Waals surface area contributed by atoms with Crippen molar-refractivity contribution in [3.63, 3.8) is 0 Å². The Morgan fingerprint density at radius 1 is 1.13 bits per heavy atom. The van der Waals surface area contributed by atoms with Gasteiger partial charge in [-0.25, -0.2) is 4.98 Å². The van der Waals surface area contributed by atoms with E-state index in [0.717, 1.165) is 40.6 Å². The maximum Gasteiger partial charge on any atom is 0.214 e. The van der Waals surface area contributed by atoms with Crippen LogP contribution in [-0.4, -0.2) is 36.8 Å². The smallest absolute Gasteiger partial charge is 0.214 e. The minimum atomic E-state index is -0.00668. The van der Waals surface area contributed by atoms with Crippen molar-refractivity contribution in [1.82, 2.24) is 25.0 Å². The molecule has 0 atom stereocenters. The van der Waals surface area contributed by atoms with Gasteiger partial charge in [-0.2, -0.15) is 0 Å². The molecule has 0 aliphatic heterocycles. The quantitative estimate of drug-likeness (QED) is 0.459. The fraction of sp³-hybridized carbons (Fsp3) is 0.261. The zero-order valence-corrected chi connectivity index (χ0v) is 16.7. The van der Waals surface area contributed by atoms with Gasteiger partial charge in [0.15, 0.2) is 5.78 Å². The van der Waals surface area contributed by atoms with Crippen molar-refractivity contribution >= 4 is 16.6 Å². The van der Waals surface area contributed by atoms with Gasteiger partial charge >= 0.3 is 0 Å². The molecule has 3 aromatic heterocycles. The van der Waals surface area contributed by atoms with Crippen LogP contribution in [0.1, 0.15) is 35.3 Å². The van der Waals surface area contributed by atoms with Crippen molar-refractivity contribution in [2.45, 2.75) is 31.8 Å². The second-order valence-corrected chi connectivity index (χ2v) is 7.67. The highest BCUT2D eigenvalue weighted by Crippen LogP contribution is 2.25. The van der Waals surface area contributed by atoms with Crippen molar-refractivity contribution in [3.05, 3.63) is 66.2 Å². The molecule has 1 saturated carbocycles. The highest BCUT2D eigenvalue weighted by Gasteiger charge is 2.20. The van der Waals surface area contributed by atoms with Crippen LogP contribution in [0.15, 0.2) is 55.0 Å². The van der Waals surface area contributed by atoms with Crippen LogP contribution in [0.5, 0.6) is 5.88 Å². The fourth-order valence-electron chi connectivity index (χ4n) is 3.50. The van der Waals surface area contributed by atoms with E-state index in [2.05, 4.69) is 20.3 Å². The SMILES string of the molecule is Cn1cc(-c2ccc3cnc(CC(=O)c4ccnc(OC5CCC5)c4)cc3c2)nn1. The molecule has 0 bridgehead atoms. The first-order chi connectivity index (χ1) is 14.6. The van der Waals surface area contributed by atoms with Gasteiger partial charge in [-0.3, -0.25) is 14.5 Å². The van der Waals surface area contributed by atoms with Crippen molar-refractivity contribution < 1.29 is 9.53 Å². The number of carbonyl (C=O) groups is 1. The molecule has 7 nitrogen and oxygen atoms in total. The Balaban J connectivity index is 1.36. The molecule has 0 saturated heterocycles. The molecule has 4 aromatic rings.